The average Bonchev–Trinajstić information content (AvgIpc) is 0.920. The molecule has 103 heavy (non-hydrogen) atoms. The molecule has 0 aromatic carbocycles. The zero-order valence-corrected chi connectivity index (χ0v) is 69.1. The number of esters is 4. The lowest BCUT2D eigenvalue weighted by molar-refractivity contribution is -0.161. The number of aliphatic hydroxyl groups excluding tert-OH is 1. The van der Waals surface area contributed by atoms with Gasteiger partial charge in [-0.3, -0.25) is 37.3 Å². The second-order valence-corrected chi connectivity index (χ2v) is 33.1. The Hall–Kier alpha value is -1.94. The molecule has 17 nitrogen and oxygen atoms in total. The van der Waals surface area contributed by atoms with Crippen LogP contribution >= 0.6 is 15.6 Å². The van der Waals surface area contributed by atoms with Crippen LogP contribution in [0.2, 0.25) is 0 Å². The Morgan fingerprint density at radius 1 is 0.233 bits per heavy atom. The molecule has 5 atom stereocenters. The van der Waals surface area contributed by atoms with Crippen LogP contribution in [0.15, 0.2) is 0 Å². The number of hydrogen-bond donors (Lipinski definition) is 3. The van der Waals surface area contributed by atoms with E-state index in [2.05, 4.69) is 27.7 Å². The summed E-state index contributed by atoms with van der Waals surface area (Å²) in [6.07, 6.45) is 72.4. The monoisotopic (exact) mass is 1510 g/mol. The Labute approximate surface area is 632 Å². The van der Waals surface area contributed by atoms with E-state index in [-0.39, 0.29) is 25.7 Å². The maximum atomic E-state index is 13.1. The number of ether oxygens (including phenoxy) is 4. The molecule has 612 valence electrons. The molecule has 0 aliphatic carbocycles. The van der Waals surface area contributed by atoms with E-state index in [0.29, 0.717) is 25.7 Å². The Morgan fingerprint density at radius 2 is 0.388 bits per heavy atom. The minimum absolute atomic E-state index is 0.109. The Kier molecular flexibility index (Phi) is 76.7. The second kappa shape index (κ2) is 78.2. The predicted molar refractivity (Wildman–Crippen MR) is 423 cm³/mol. The number of carbonyl (C=O) groups is 4. The van der Waals surface area contributed by atoms with Gasteiger partial charge in [-0.25, -0.2) is 9.13 Å². The second-order valence-electron chi connectivity index (χ2n) is 30.2. The summed E-state index contributed by atoms with van der Waals surface area (Å²) >= 11 is 0. The molecular weight excluding hydrogens is 1340 g/mol. The van der Waals surface area contributed by atoms with Crippen molar-refractivity contribution < 1.29 is 80.2 Å². The number of rotatable bonds is 85. The molecule has 0 aromatic rings. The summed E-state index contributed by atoms with van der Waals surface area (Å²) in [6.45, 7) is 5.02. The highest BCUT2D eigenvalue weighted by molar-refractivity contribution is 7.47. The standard InChI is InChI=1S/C84H164O17P2/c1-5-9-13-17-21-25-28-31-34-36-38-40-42-45-47-50-53-57-61-65-69-82(87)95-75-80(101-84(89)71-67-63-59-55-52-49-46-43-41-39-37-35-32-29-26-22-18-14-10-6-2)77-99-103(92,93)97-73-78(85)72-96-102(90,91)98-76-79(74-94-81(86)68-64-60-56-24-20-16-12-8-4)100-83(88)70-66-62-58-54-51-48-44-33-30-27-23-19-15-11-7-3/h78-80,85H,5-77H2,1-4H3,(H,90,91)(H,92,93)/t78-,79+,80+/m0/s1. The molecule has 0 aliphatic heterocycles. The first-order valence-corrected chi connectivity index (χ1v) is 46.8. The van der Waals surface area contributed by atoms with Crippen molar-refractivity contribution in [3.8, 4) is 0 Å². The van der Waals surface area contributed by atoms with E-state index in [1.807, 2.05) is 0 Å². The Bertz CT molecular complexity index is 1950. The van der Waals surface area contributed by atoms with E-state index in [4.69, 9.17) is 37.0 Å². The first-order chi connectivity index (χ1) is 50.2. The van der Waals surface area contributed by atoms with Crippen LogP contribution < -0.4 is 0 Å². The van der Waals surface area contributed by atoms with Crippen molar-refractivity contribution in [2.45, 2.75) is 476 Å². The zero-order valence-electron chi connectivity index (χ0n) is 67.3. The van der Waals surface area contributed by atoms with E-state index in [9.17, 15) is 43.2 Å². The molecule has 0 heterocycles. The third kappa shape index (κ3) is 78.0. The lowest BCUT2D eigenvalue weighted by atomic mass is 10.0. The van der Waals surface area contributed by atoms with Crippen molar-refractivity contribution in [3.05, 3.63) is 0 Å². The van der Waals surface area contributed by atoms with E-state index >= 15 is 0 Å². The van der Waals surface area contributed by atoms with Gasteiger partial charge >= 0.3 is 39.5 Å². The fourth-order valence-electron chi connectivity index (χ4n) is 13.2. The van der Waals surface area contributed by atoms with Crippen LogP contribution in [0.4, 0.5) is 0 Å². The van der Waals surface area contributed by atoms with Crippen molar-refractivity contribution in [2.24, 2.45) is 0 Å². The minimum Gasteiger partial charge on any atom is -0.462 e. The van der Waals surface area contributed by atoms with Gasteiger partial charge in [-0.15, -0.1) is 0 Å². The van der Waals surface area contributed by atoms with Gasteiger partial charge in [0.1, 0.15) is 19.3 Å². The Morgan fingerprint density at radius 3 is 0.573 bits per heavy atom. The fourth-order valence-corrected chi connectivity index (χ4v) is 14.7. The number of phosphoric ester groups is 2. The summed E-state index contributed by atoms with van der Waals surface area (Å²) in [4.78, 5) is 73.0. The number of phosphoric acid groups is 2. The lowest BCUT2D eigenvalue weighted by Crippen LogP contribution is -2.30. The average molecular weight is 1510 g/mol. The van der Waals surface area contributed by atoms with Gasteiger partial charge < -0.3 is 33.8 Å². The van der Waals surface area contributed by atoms with Gasteiger partial charge in [0, 0.05) is 25.7 Å². The van der Waals surface area contributed by atoms with Gasteiger partial charge in [0.2, 0.25) is 0 Å². The van der Waals surface area contributed by atoms with Gasteiger partial charge in [-0.2, -0.15) is 0 Å². The fraction of sp³-hybridized carbons (Fsp3) is 0.952. The summed E-state index contributed by atoms with van der Waals surface area (Å²) in [6, 6.07) is 0. The van der Waals surface area contributed by atoms with E-state index in [0.717, 1.165) is 89.9 Å². The molecule has 0 saturated heterocycles. The highest BCUT2D eigenvalue weighted by Crippen LogP contribution is 2.45. The van der Waals surface area contributed by atoms with Crippen LogP contribution in [0, 0.1) is 0 Å². The molecule has 0 aromatic heterocycles. The molecule has 0 aliphatic rings. The molecule has 2 unspecified atom stereocenters. The normalized spacial score (nSPS) is 13.7. The van der Waals surface area contributed by atoms with Crippen molar-refractivity contribution in [1.82, 2.24) is 0 Å². The lowest BCUT2D eigenvalue weighted by Gasteiger charge is -2.21. The predicted octanol–water partition coefficient (Wildman–Crippen LogP) is 25.7. The molecule has 0 fully saturated rings. The number of hydrogen-bond acceptors (Lipinski definition) is 15. The van der Waals surface area contributed by atoms with Gasteiger partial charge in [0.25, 0.3) is 0 Å². The van der Waals surface area contributed by atoms with Crippen LogP contribution in [-0.4, -0.2) is 96.7 Å². The molecule has 19 heteroatoms. The molecule has 0 rings (SSSR count). The number of carbonyl (C=O) groups excluding carboxylic acids is 4. The largest absolute Gasteiger partial charge is 0.472 e. The summed E-state index contributed by atoms with van der Waals surface area (Å²) in [5.41, 5.74) is 0. The van der Waals surface area contributed by atoms with Gasteiger partial charge in [-0.1, -0.05) is 407 Å². The summed E-state index contributed by atoms with van der Waals surface area (Å²) < 4.78 is 68.7. The third-order valence-electron chi connectivity index (χ3n) is 19.9. The van der Waals surface area contributed by atoms with Crippen molar-refractivity contribution >= 4 is 39.5 Å². The Balaban J connectivity index is 5.18. The van der Waals surface area contributed by atoms with E-state index in [1.54, 1.807) is 0 Å². The summed E-state index contributed by atoms with van der Waals surface area (Å²) in [5, 5.41) is 10.6. The molecule has 0 bridgehead atoms. The number of unbranched alkanes of at least 4 members (excludes halogenated alkanes) is 59. The third-order valence-corrected chi connectivity index (χ3v) is 21.8. The molecule has 0 radical (unpaired) electrons. The highest BCUT2D eigenvalue weighted by Gasteiger charge is 2.30. The molecule has 0 saturated carbocycles. The first-order valence-electron chi connectivity index (χ1n) is 43.8. The number of aliphatic hydroxyl groups is 1. The van der Waals surface area contributed by atoms with Crippen LogP contribution in [-0.2, 0) is 65.4 Å². The molecule has 0 amide bonds. The summed E-state index contributed by atoms with van der Waals surface area (Å²) in [5.74, 6) is -2.10. The molecule has 0 spiro atoms. The maximum Gasteiger partial charge on any atom is 0.472 e. The van der Waals surface area contributed by atoms with Gasteiger partial charge in [0.15, 0.2) is 12.2 Å². The van der Waals surface area contributed by atoms with Gasteiger partial charge in [0.05, 0.1) is 26.4 Å². The summed E-state index contributed by atoms with van der Waals surface area (Å²) in [7, 11) is -9.92. The molecular formula is C84H164O17P2. The quantitative estimate of drug-likeness (QED) is 0.0222. The minimum atomic E-state index is -4.96. The van der Waals surface area contributed by atoms with Crippen LogP contribution in [0.5, 0.6) is 0 Å². The van der Waals surface area contributed by atoms with Gasteiger partial charge in [-0.05, 0) is 25.7 Å². The molecule has 3 N–H and O–H groups in total. The van der Waals surface area contributed by atoms with E-state index in [1.165, 1.54) is 289 Å². The topological polar surface area (TPSA) is 237 Å². The zero-order chi connectivity index (χ0) is 75.3. The maximum absolute atomic E-state index is 13.1. The van der Waals surface area contributed by atoms with E-state index < -0.39 is 97.5 Å². The van der Waals surface area contributed by atoms with Crippen LogP contribution in [0.1, 0.15) is 458 Å². The SMILES string of the molecule is CCCCCCCCCCCCCCCCCCCCCCC(=O)OC[C@H](COP(=O)(O)OC[C@@H](O)COP(=O)(O)OC[C@@H](COC(=O)CCCCCCCCCC)OC(=O)CCCCCCCCCCCCCCCCC)OC(=O)CCCCCCCCCCCCCCCCCCCCCC. The van der Waals surface area contributed by atoms with Crippen molar-refractivity contribution in [2.75, 3.05) is 39.6 Å². The first kappa shape index (κ1) is 101. The van der Waals surface area contributed by atoms with Crippen molar-refractivity contribution in [3.63, 3.8) is 0 Å². The van der Waals surface area contributed by atoms with Crippen molar-refractivity contribution in [1.29, 1.82) is 0 Å². The smallest absolute Gasteiger partial charge is 0.462 e. The van der Waals surface area contributed by atoms with Crippen LogP contribution in [0.3, 0.4) is 0 Å². The highest BCUT2D eigenvalue weighted by atomic mass is 31.2. The van der Waals surface area contributed by atoms with Crippen LogP contribution in [0.25, 0.3) is 0 Å².